The highest BCUT2D eigenvalue weighted by Gasteiger charge is 2.08. The molecule has 0 N–H and O–H groups in total. The molecular formula is C26H30I2N2. The number of hydrogen-bond donors (Lipinski definition) is 0. The van der Waals surface area contributed by atoms with Gasteiger partial charge in [-0.3, -0.25) is 0 Å². The van der Waals surface area contributed by atoms with E-state index in [4.69, 9.17) is 0 Å². The van der Waals surface area contributed by atoms with Crippen LogP contribution in [0.3, 0.4) is 0 Å². The van der Waals surface area contributed by atoms with Crippen molar-refractivity contribution in [2.24, 2.45) is 0 Å². The van der Waals surface area contributed by atoms with Crippen LogP contribution >= 0.6 is 0 Å². The molecule has 0 spiro atoms. The lowest BCUT2D eigenvalue weighted by molar-refractivity contribution is -0.672. The Morgan fingerprint density at radius 2 is 0.800 bits per heavy atom. The smallest absolute Gasteiger partial charge is 0.212 e. The Hall–Kier alpha value is -1.28. The molecule has 4 heteroatoms. The fraction of sp³-hybridized carbons (Fsp3) is 0.308. The molecule has 0 bridgehead atoms. The third-order valence-corrected chi connectivity index (χ3v) is 5.62. The molecule has 2 aromatic carbocycles. The van der Waals surface area contributed by atoms with Gasteiger partial charge in [0, 0.05) is 47.9 Å². The number of fused-ring (bicyclic) bond motifs is 2. The number of nitrogens with zero attached hydrogens (tertiary/aromatic N) is 2. The number of unbranched alkanes of at least 4 members (excludes halogenated alkanes) is 5. The highest BCUT2D eigenvalue weighted by Crippen LogP contribution is 2.11. The maximum Gasteiger partial charge on any atom is 0.212 e. The van der Waals surface area contributed by atoms with Crippen molar-refractivity contribution >= 4 is 21.8 Å². The van der Waals surface area contributed by atoms with Gasteiger partial charge in [-0.1, -0.05) is 37.1 Å². The summed E-state index contributed by atoms with van der Waals surface area (Å²) in [5.41, 5.74) is 2.69. The standard InChI is InChI=1S/C26H30N2.2HI/c1(3-9-19-27-21-11-15-23-13-5-7-17-25(23)27)2-4-10-20-28-22-12-16-24-14-6-8-18-26(24)28;;/h5-8,11-18,21-22H,1-4,9-10,19-20H2;2*1H/q+2;;/p-2. The molecule has 0 aliphatic heterocycles. The van der Waals surface area contributed by atoms with Gasteiger partial charge in [-0.05, 0) is 37.1 Å². The molecule has 0 aliphatic rings. The van der Waals surface area contributed by atoms with E-state index in [-0.39, 0.29) is 48.0 Å². The molecule has 0 atom stereocenters. The summed E-state index contributed by atoms with van der Waals surface area (Å²) in [4.78, 5) is 0. The van der Waals surface area contributed by atoms with Crippen molar-refractivity contribution in [2.45, 2.75) is 51.6 Å². The lowest BCUT2D eigenvalue weighted by Gasteiger charge is -2.03. The Kier molecular flexibility index (Phi) is 11.0. The van der Waals surface area contributed by atoms with Gasteiger partial charge in [0.05, 0.1) is 0 Å². The second kappa shape index (κ2) is 13.2. The maximum absolute atomic E-state index is 2.40. The number of rotatable bonds is 9. The third-order valence-electron chi connectivity index (χ3n) is 5.62. The second-order valence-corrected chi connectivity index (χ2v) is 7.64. The number of aryl methyl sites for hydroxylation is 2. The molecule has 30 heavy (non-hydrogen) atoms. The zero-order valence-electron chi connectivity index (χ0n) is 17.4. The van der Waals surface area contributed by atoms with Crippen LogP contribution in [0.4, 0.5) is 0 Å². The lowest BCUT2D eigenvalue weighted by Crippen LogP contribution is -3.00. The number of halogens is 2. The van der Waals surface area contributed by atoms with Crippen molar-refractivity contribution in [3.05, 3.63) is 85.2 Å². The zero-order chi connectivity index (χ0) is 19.0. The van der Waals surface area contributed by atoms with Crippen LogP contribution in [0, 0.1) is 0 Å². The summed E-state index contributed by atoms with van der Waals surface area (Å²) in [6, 6.07) is 26.0. The van der Waals surface area contributed by atoms with Crippen LogP contribution in [-0.2, 0) is 13.1 Å². The summed E-state index contributed by atoms with van der Waals surface area (Å²) >= 11 is 0. The summed E-state index contributed by atoms with van der Waals surface area (Å²) in [6.45, 7) is 2.24. The molecule has 158 valence electrons. The van der Waals surface area contributed by atoms with Crippen molar-refractivity contribution in [1.82, 2.24) is 0 Å². The summed E-state index contributed by atoms with van der Waals surface area (Å²) in [7, 11) is 0. The average Bonchev–Trinajstić information content (AvgIpc) is 2.76. The summed E-state index contributed by atoms with van der Waals surface area (Å²) in [5, 5.41) is 2.66. The Morgan fingerprint density at radius 3 is 1.27 bits per heavy atom. The van der Waals surface area contributed by atoms with Crippen molar-refractivity contribution in [3.63, 3.8) is 0 Å². The molecule has 2 nitrogen and oxygen atoms in total. The Bertz CT molecular complexity index is 953. The first-order valence-electron chi connectivity index (χ1n) is 10.7. The van der Waals surface area contributed by atoms with Gasteiger partial charge < -0.3 is 48.0 Å². The molecule has 2 aromatic heterocycles. The first kappa shape index (κ1) is 25.0. The van der Waals surface area contributed by atoms with E-state index >= 15 is 0 Å². The normalized spacial score (nSPS) is 10.5. The molecular weight excluding hydrogens is 594 g/mol. The Morgan fingerprint density at radius 1 is 0.433 bits per heavy atom. The molecule has 0 saturated heterocycles. The molecule has 0 radical (unpaired) electrons. The predicted molar refractivity (Wildman–Crippen MR) is 116 cm³/mol. The van der Waals surface area contributed by atoms with Crippen LogP contribution in [0.1, 0.15) is 38.5 Å². The van der Waals surface area contributed by atoms with Gasteiger partial charge in [0.1, 0.15) is 13.1 Å². The molecule has 0 aliphatic carbocycles. The first-order chi connectivity index (χ1) is 13.9. The molecule has 0 amide bonds. The molecule has 0 unspecified atom stereocenters. The minimum Gasteiger partial charge on any atom is -1.00 e. The van der Waals surface area contributed by atoms with Gasteiger partial charge in [0.25, 0.3) is 0 Å². The molecule has 4 aromatic rings. The molecule has 4 rings (SSSR count). The fourth-order valence-electron chi connectivity index (χ4n) is 4.10. The quantitative estimate of drug-likeness (QED) is 0.137. The first-order valence-corrected chi connectivity index (χ1v) is 10.7. The van der Waals surface area contributed by atoms with E-state index in [1.54, 1.807) is 0 Å². The molecule has 0 fully saturated rings. The Balaban J connectivity index is 0.00000160. The highest BCUT2D eigenvalue weighted by molar-refractivity contribution is 5.75. The predicted octanol–water partition coefficient (Wildman–Crippen LogP) is -0.383. The van der Waals surface area contributed by atoms with Crippen LogP contribution in [0.15, 0.2) is 85.2 Å². The van der Waals surface area contributed by atoms with Gasteiger partial charge in [-0.25, -0.2) is 0 Å². The number of aromatic nitrogens is 2. The largest absolute Gasteiger partial charge is 1.00 e. The highest BCUT2D eigenvalue weighted by atomic mass is 127. The maximum atomic E-state index is 2.40. The minimum absolute atomic E-state index is 0. The summed E-state index contributed by atoms with van der Waals surface area (Å²) in [5.74, 6) is 0. The van der Waals surface area contributed by atoms with Gasteiger partial charge in [-0.2, -0.15) is 9.13 Å². The van der Waals surface area contributed by atoms with Crippen molar-refractivity contribution < 1.29 is 57.1 Å². The number of pyridine rings is 2. The average molecular weight is 624 g/mol. The van der Waals surface area contributed by atoms with E-state index in [0.717, 1.165) is 13.1 Å². The van der Waals surface area contributed by atoms with E-state index in [1.165, 1.54) is 60.3 Å². The topological polar surface area (TPSA) is 7.76 Å². The summed E-state index contributed by atoms with van der Waals surface area (Å²) in [6.07, 6.45) is 12.3. The van der Waals surface area contributed by atoms with E-state index in [1.807, 2.05) is 0 Å². The van der Waals surface area contributed by atoms with E-state index in [2.05, 4.69) is 94.3 Å². The molecule has 0 saturated carbocycles. The number of para-hydroxylation sites is 2. The third kappa shape index (κ3) is 6.61. The van der Waals surface area contributed by atoms with Crippen LogP contribution in [0.2, 0.25) is 0 Å². The zero-order valence-corrected chi connectivity index (χ0v) is 21.7. The van der Waals surface area contributed by atoms with Crippen LogP contribution in [-0.4, -0.2) is 0 Å². The molecule has 2 heterocycles. The van der Waals surface area contributed by atoms with E-state index in [0.29, 0.717) is 0 Å². The van der Waals surface area contributed by atoms with E-state index in [9.17, 15) is 0 Å². The number of hydrogen-bond acceptors (Lipinski definition) is 0. The van der Waals surface area contributed by atoms with Gasteiger partial charge in [0.2, 0.25) is 11.0 Å². The second-order valence-electron chi connectivity index (χ2n) is 7.64. The monoisotopic (exact) mass is 624 g/mol. The SMILES string of the molecule is [I-].[I-].c1ccc2c(c1)ccc[n+]2CCCCCCCC[n+]1cccc2ccccc21. The van der Waals surface area contributed by atoms with Crippen LogP contribution in [0.5, 0.6) is 0 Å². The van der Waals surface area contributed by atoms with Gasteiger partial charge >= 0.3 is 0 Å². The van der Waals surface area contributed by atoms with Crippen molar-refractivity contribution in [2.75, 3.05) is 0 Å². The van der Waals surface area contributed by atoms with Crippen molar-refractivity contribution in [3.8, 4) is 0 Å². The minimum atomic E-state index is 0. The van der Waals surface area contributed by atoms with E-state index < -0.39 is 0 Å². The van der Waals surface area contributed by atoms with Crippen LogP contribution < -0.4 is 57.1 Å². The van der Waals surface area contributed by atoms with Crippen molar-refractivity contribution in [1.29, 1.82) is 0 Å². The van der Waals surface area contributed by atoms with Gasteiger partial charge in [-0.15, -0.1) is 0 Å². The Labute approximate surface area is 214 Å². The van der Waals surface area contributed by atoms with Crippen LogP contribution in [0.25, 0.3) is 21.8 Å². The lowest BCUT2D eigenvalue weighted by atomic mass is 10.1. The van der Waals surface area contributed by atoms with Gasteiger partial charge in [0.15, 0.2) is 12.4 Å². The fourth-order valence-corrected chi connectivity index (χ4v) is 4.10. The number of benzene rings is 2. The summed E-state index contributed by atoms with van der Waals surface area (Å²) < 4.78 is 4.79.